The summed E-state index contributed by atoms with van der Waals surface area (Å²) in [6.07, 6.45) is 0.482. The summed E-state index contributed by atoms with van der Waals surface area (Å²) in [6, 6.07) is 8.63. The Bertz CT molecular complexity index is 864. The number of carbonyl (C=O) groups is 1. The summed E-state index contributed by atoms with van der Waals surface area (Å²) in [4.78, 5) is 18.4. The van der Waals surface area contributed by atoms with Crippen LogP contribution in [-0.4, -0.2) is 55.9 Å². The van der Waals surface area contributed by atoms with E-state index < -0.39 is 9.84 Å². The Balaban J connectivity index is 1.86. The van der Waals surface area contributed by atoms with Gasteiger partial charge in [0.2, 0.25) is 0 Å². The van der Waals surface area contributed by atoms with E-state index in [1.165, 1.54) is 4.90 Å². The molecular formula is C16H18N2O4S. The van der Waals surface area contributed by atoms with Gasteiger partial charge < -0.3 is 9.64 Å². The van der Waals surface area contributed by atoms with Crippen molar-refractivity contribution in [3.63, 3.8) is 0 Å². The molecule has 7 heteroatoms. The van der Waals surface area contributed by atoms with Crippen LogP contribution in [0.1, 0.15) is 16.9 Å². The molecular weight excluding hydrogens is 316 g/mol. The fourth-order valence-electron chi connectivity index (χ4n) is 2.78. The van der Waals surface area contributed by atoms with Crippen molar-refractivity contribution in [3.05, 3.63) is 36.0 Å². The standard InChI is InChI=1S/C16H18N2O4S/c1-18(12-7-8-23(20,21)10-12)16(19)15-5-3-11-9-13(22-2)4-6-14(11)17-15/h3-6,9,12H,7-8,10H2,1-2H3. The monoisotopic (exact) mass is 334 g/mol. The number of rotatable bonds is 3. The van der Waals surface area contributed by atoms with E-state index in [9.17, 15) is 13.2 Å². The highest BCUT2D eigenvalue weighted by Gasteiger charge is 2.33. The van der Waals surface area contributed by atoms with E-state index >= 15 is 0 Å². The van der Waals surface area contributed by atoms with Crippen molar-refractivity contribution in [2.24, 2.45) is 0 Å². The predicted molar refractivity (Wildman–Crippen MR) is 87.4 cm³/mol. The zero-order valence-electron chi connectivity index (χ0n) is 13.0. The molecule has 1 aromatic carbocycles. The molecule has 23 heavy (non-hydrogen) atoms. The number of hydrogen-bond acceptors (Lipinski definition) is 5. The third kappa shape index (κ3) is 3.14. The Kier molecular flexibility index (Phi) is 3.97. The van der Waals surface area contributed by atoms with Crippen LogP contribution in [0, 0.1) is 0 Å². The van der Waals surface area contributed by atoms with Crippen molar-refractivity contribution in [2.45, 2.75) is 12.5 Å². The van der Waals surface area contributed by atoms with Crippen LogP contribution in [0.3, 0.4) is 0 Å². The molecule has 0 spiro atoms. The van der Waals surface area contributed by atoms with Gasteiger partial charge in [0.15, 0.2) is 9.84 Å². The zero-order chi connectivity index (χ0) is 16.6. The van der Waals surface area contributed by atoms with E-state index in [4.69, 9.17) is 4.74 Å². The minimum atomic E-state index is -3.03. The second-order valence-electron chi connectivity index (χ2n) is 5.73. The minimum Gasteiger partial charge on any atom is -0.497 e. The molecule has 0 aliphatic carbocycles. The third-order valence-corrected chi connectivity index (χ3v) is 5.94. The Morgan fingerprint density at radius 3 is 2.74 bits per heavy atom. The van der Waals surface area contributed by atoms with Crippen LogP contribution in [0.15, 0.2) is 30.3 Å². The lowest BCUT2D eigenvalue weighted by Crippen LogP contribution is -2.38. The number of ether oxygens (including phenoxy) is 1. The van der Waals surface area contributed by atoms with Gasteiger partial charge >= 0.3 is 0 Å². The molecule has 6 nitrogen and oxygen atoms in total. The van der Waals surface area contributed by atoms with Crippen LogP contribution in [0.5, 0.6) is 5.75 Å². The Hall–Kier alpha value is -2.15. The normalized spacial score (nSPS) is 19.7. The average Bonchev–Trinajstić information content (AvgIpc) is 2.92. The van der Waals surface area contributed by atoms with Gasteiger partial charge in [0.25, 0.3) is 5.91 Å². The lowest BCUT2D eigenvalue weighted by atomic mass is 10.1. The molecule has 0 saturated carbocycles. The first-order valence-electron chi connectivity index (χ1n) is 7.32. The molecule has 1 unspecified atom stereocenters. The number of methoxy groups -OCH3 is 1. The summed E-state index contributed by atoms with van der Waals surface area (Å²) in [5.41, 5.74) is 1.01. The summed E-state index contributed by atoms with van der Waals surface area (Å²) in [5.74, 6) is 0.636. The predicted octanol–water partition coefficient (Wildman–Crippen LogP) is 1.50. The lowest BCUT2D eigenvalue weighted by Gasteiger charge is -2.23. The van der Waals surface area contributed by atoms with Crippen molar-refractivity contribution >= 4 is 26.6 Å². The lowest BCUT2D eigenvalue weighted by molar-refractivity contribution is 0.0742. The van der Waals surface area contributed by atoms with Gasteiger partial charge in [0.1, 0.15) is 11.4 Å². The number of carbonyl (C=O) groups excluding carboxylic acids is 1. The smallest absolute Gasteiger partial charge is 0.272 e. The van der Waals surface area contributed by atoms with Gasteiger partial charge in [-0.2, -0.15) is 0 Å². The van der Waals surface area contributed by atoms with E-state index in [1.54, 1.807) is 32.4 Å². The highest BCUT2D eigenvalue weighted by Crippen LogP contribution is 2.21. The number of benzene rings is 1. The number of aromatic nitrogens is 1. The largest absolute Gasteiger partial charge is 0.497 e. The Labute approximate surface area is 135 Å². The second-order valence-corrected chi connectivity index (χ2v) is 7.96. The molecule has 1 aliphatic heterocycles. The van der Waals surface area contributed by atoms with E-state index in [0.29, 0.717) is 17.6 Å². The van der Waals surface area contributed by atoms with E-state index in [-0.39, 0.29) is 23.5 Å². The molecule has 1 saturated heterocycles. The summed E-state index contributed by atoms with van der Waals surface area (Å²) in [7, 11) is 0.200. The van der Waals surface area contributed by atoms with E-state index in [2.05, 4.69) is 4.98 Å². The highest BCUT2D eigenvalue weighted by atomic mass is 32.2. The van der Waals surface area contributed by atoms with Gasteiger partial charge in [-0.1, -0.05) is 6.07 Å². The molecule has 122 valence electrons. The number of pyridine rings is 1. The van der Waals surface area contributed by atoms with Crippen LogP contribution in [0.2, 0.25) is 0 Å². The highest BCUT2D eigenvalue weighted by molar-refractivity contribution is 7.91. The minimum absolute atomic E-state index is 0.0278. The van der Waals surface area contributed by atoms with E-state index in [1.807, 2.05) is 12.1 Å². The van der Waals surface area contributed by atoms with Crippen LogP contribution in [-0.2, 0) is 9.84 Å². The quantitative estimate of drug-likeness (QED) is 0.850. The van der Waals surface area contributed by atoms with Gasteiger partial charge in [-0.3, -0.25) is 4.79 Å². The van der Waals surface area contributed by atoms with Crippen LogP contribution >= 0.6 is 0 Å². The topological polar surface area (TPSA) is 76.6 Å². The Morgan fingerprint density at radius 1 is 1.30 bits per heavy atom. The molecule has 1 aliphatic rings. The second kappa shape index (κ2) is 5.81. The molecule has 1 fully saturated rings. The van der Waals surface area contributed by atoms with Gasteiger partial charge in [-0.25, -0.2) is 13.4 Å². The molecule has 1 aromatic heterocycles. The van der Waals surface area contributed by atoms with Gasteiger partial charge in [0, 0.05) is 18.5 Å². The maximum Gasteiger partial charge on any atom is 0.272 e. The average molecular weight is 334 g/mol. The van der Waals surface area contributed by atoms with E-state index in [0.717, 1.165) is 11.1 Å². The van der Waals surface area contributed by atoms with Gasteiger partial charge in [0.05, 0.1) is 24.1 Å². The summed E-state index contributed by atoms with van der Waals surface area (Å²) >= 11 is 0. The molecule has 0 radical (unpaired) electrons. The number of sulfone groups is 1. The summed E-state index contributed by atoms with van der Waals surface area (Å²) in [6.45, 7) is 0. The van der Waals surface area contributed by atoms with Crippen molar-refractivity contribution in [1.29, 1.82) is 0 Å². The first kappa shape index (κ1) is 15.7. The molecule has 3 rings (SSSR count). The number of nitrogens with zero attached hydrogens (tertiary/aromatic N) is 2. The summed E-state index contributed by atoms with van der Waals surface area (Å²) < 4.78 is 28.3. The molecule has 1 amide bonds. The van der Waals surface area contributed by atoms with Gasteiger partial charge in [-0.05, 0) is 30.7 Å². The summed E-state index contributed by atoms with van der Waals surface area (Å²) in [5, 5.41) is 0.881. The number of amides is 1. The molecule has 2 aromatic rings. The van der Waals surface area contributed by atoms with Crippen LogP contribution < -0.4 is 4.74 Å². The van der Waals surface area contributed by atoms with Crippen molar-refractivity contribution in [2.75, 3.05) is 25.7 Å². The maximum atomic E-state index is 12.6. The Morgan fingerprint density at radius 2 is 2.09 bits per heavy atom. The van der Waals surface area contributed by atoms with Crippen molar-refractivity contribution < 1.29 is 17.9 Å². The van der Waals surface area contributed by atoms with Gasteiger partial charge in [-0.15, -0.1) is 0 Å². The molecule has 0 bridgehead atoms. The van der Waals surface area contributed by atoms with Crippen LogP contribution in [0.4, 0.5) is 0 Å². The molecule has 2 heterocycles. The third-order valence-electron chi connectivity index (χ3n) is 4.19. The molecule has 0 N–H and O–H groups in total. The first-order chi connectivity index (χ1) is 10.9. The SMILES string of the molecule is COc1ccc2nc(C(=O)N(C)C3CCS(=O)(=O)C3)ccc2c1. The number of hydrogen-bond donors (Lipinski definition) is 0. The maximum absolute atomic E-state index is 12.6. The zero-order valence-corrected chi connectivity index (χ0v) is 13.8. The molecule has 1 atom stereocenters. The fraction of sp³-hybridized carbons (Fsp3) is 0.375. The van der Waals surface area contributed by atoms with Crippen molar-refractivity contribution in [3.8, 4) is 5.75 Å². The number of fused-ring (bicyclic) bond motifs is 1. The fourth-order valence-corrected chi connectivity index (χ4v) is 4.55. The van der Waals surface area contributed by atoms with Crippen molar-refractivity contribution in [1.82, 2.24) is 9.88 Å². The van der Waals surface area contributed by atoms with Crippen LogP contribution in [0.25, 0.3) is 10.9 Å². The first-order valence-corrected chi connectivity index (χ1v) is 9.14.